The largest absolute Gasteiger partial charge is 0.383 e. The lowest BCUT2D eigenvalue weighted by Crippen LogP contribution is -2.39. The smallest absolute Gasteiger partial charge is 0.256 e. The second-order valence-corrected chi connectivity index (χ2v) is 11.3. The third kappa shape index (κ3) is 6.05. The Labute approximate surface area is 245 Å². The quantitative estimate of drug-likeness (QED) is 0.269. The van der Waals surface area contributed by atoms with E-state index in [-0.39, 0.29) is 23.9 Å². The molecule has 4 N–H and O–H groups in total. The van der Waals surface area contributed by atoms with Gasteiger partial charge in [0.05, 0.1) is 16.9 Å². The van der Waals surface area contributed by atoms with E-state index in [4.69, 9.17) is 10.8 Å². The number of benzene rings is 1. The Bertz CT molecular complexity index is 1590. The van der Waals surface area contributed by atoms with Crippen molar-refractivity contribution in [3.63, 3.8) is 0 Å². The Morgan fingerprint density at radius 3 is 2.69 bits per heavy atom. The lowest BCUT2D eigenvalue weighted by atomic mass is 9.90. The molecule has 4 heterocycles. The fourth-order valence-electron chi connectivity index (χ4n) is 6.14. The van der Waals surface area contributed by atoms with Crippen LogP contribution in [0.5, 0.6) is 0 Å². The van der Waals surface area contributed by atoms with Crippen LogP contribution in [0.25, 0.3) is 28.2 Å². The van der Waals surface area contributed by atoms with Gasteiger partial charge in [0, 0.05) is 41.5 Å². The lowest BCUT2D eigenvalue weighted by molar-refractivity contribution is -0.122. The van der Waals surface area contributed by atoms with Crippen molar-refractivity contribution >= 4 is 40.4 Å². The Morgan fingerprint density at radius 1 is 1.00 bits per heavy atom. The van der Waals surface area contributed by atoms with Gasteiger partial charge in [0.1, 0.15) is 17.3 Å². The molecule has 1 aliphatic heterocycles. The van der Waals surface area contributed by atoms with Crippen LogP contribution in [0.15, 0.2) is 60.9 Å². The van der Waals surface area contributed by atoms with Gasteiger partial charge in [-0.3, -0.25) is 14.3 Å². The molecule has 1 saturated carbocycles. The standard InChI is InChI=1S/C33H37N7O2/c34-32-29-30(22-15-17-23(18-16-22)33(42)38-27-13-7-8-19-35-27)39-40-26-12-9-11-25(20-26)37-28(41)14-6-4-2-1-3-5-10-24(21-36-32)31(29)40/h5,7-8,10,13,15-19,21,25-26H,1-4,6,9,11-12,14,20H2,(H2,34,36)(H,37,41)(H,35,38,42)/b10-5+/t25-,26-/m1/s1. The number of nitrogens with two attached hydrogens (primary N) is 1. The average Bonchev–Trinajstić information content (AvgIpc) is 3.42. The van der Waals surface area contributed by atoms with Gasteiger partial charge in [0.25, 0.3) is 5.91 Å². The molecule has 2 amide bonds. The summed E-state index contributed by atoms with van der Waals surface area (Å²) in [5.41, 5.74) is 10.6. The molecule has 1 fully saturated rings. The minimum atomic E-state index is -0.233. The average molecular weight is 564 g/mol. The fourth-order valence-corrected chi connectivity index (χ4v) is 6.14. The molecule has 0 saturated heterocycles. The van der Waals surface area contributed by atoms with Crippen LogP contribution in [0.2, 0.25) is 0 Å². The highest BCUT2D eigenvalue weighted by Gasteiger charge is 2.29. The van der Waals surface area contributed by atoms with Gasteiger partial charge in [-0.2, -0.15) is 5.10 Å². The Morgan fingerprint density at radius 2 is 1.86 bits per heavy atom. The van der Waals surface area contributed by atoms with E-state index in [1.165, 1.54) is 0 Å². The molecule has 1 aliphatic carbocycles. The maximum Gasteiger partial charge on any atom is 0.256 e. The molecule has 1 aromatic carbocycles. The van der Waals surface area contributed by atoms with Crippen LogP contribution >= 0.6 is 0 Å². The lowest BCUT2D eigenvalue weighted by Gasteiger charge is -2.30. The first-order valence-corrected chi connectivity index (χ1v) is 15.0. The summed E-state index contributed by atoms with van der Waals surface area (Å²) in [4.78, 5) is 34.2. The van der Waals surface area contributed by atoms with E-state index in [1.807, 2.05) is 24.4 Å². The first-order chi connectivity index (χ1) is 20.6. The third-order valence-corrected chi connectivity index (χ3v) is 8.29. The number of nitrogens with one attached hydrogen (secondary N) is 2. The van der Waals surface area contributed by atoms with Crippen LogP contribution in [0.4, 0.5) is 11.6 Å². The van der Waals surface area contributed by atoms with Crippen molar-refractivity contribution in [1.29, 1.82) is 0 Å². The topological polar surface area (TPSA) is 128 Å². The second kappa shape index (κ2) is 12.5. The predicted molar refractivity (Wildman–Crippen MR) is 166 cm³/mol. The van der Waals surface area contributed by atoms with Crippen molar-refractivity contribution in [1.82, 2.24) is 25.1 Å². The zero-order valence-corrected chi connectivity index (χ0v) is 23.8. The molecule has 42 heavy (non-hydrogen) atoms. The Balaban J connectivity index is 1.38. The minimum absolute atomic E-state index is 0.116. The van der Waals surface area contributed by atoms with Crippen LogP contribution in [-0.2, 0) is 4.79 Å². The molecule has 0 radical (unpaired) electrons. The number of hydrogen-bond donors (Lipinski definition) is 3. The first kappa shape index (κ1) is 27.6. The normalized spacial score (nSPS) is 20.5. The molecule has 4 aromatic rings. The maximum atomic E-state index is 12.8. The monoisotopic (exact) mass is 563 g/mol. The van der Waals surface area contributed by atoms with Crippen LogP contribution < -0.4 is 16.4 Å². The SMILES string of the molecule is Nc1ncc2c3c1c(-c1ccc(C(=O)Nc4ccccn4)cc1)nn3[C@@H]1CCC[C@H](C1)NC(=O)CCCCCC/C=C/2. The van der Waals surface area contributed by atoms with E-state index in [0.29, 0.717) is 23.6 Å². The van der Waals surface area contributed by atoms with Gasteiger partial charge in [-0.1, -0.05) is 43.2 Å². The van der Waals surface area contributed by atoms with Gasteiger partial charge in [-0.25, -0.2) is 9.97 Å². The number of allylic oxidation sites excluding steroid dienone is 1. The number of nitrogen functional groups attached to an aromatic ring is 1. The van der Waals surface area contributed by atoms with Crippen molar-refractivity contribution in [3.8, 4) is 11.3 Å². The molecule has 2 bridgehead atoms. The molecule has 9 heteroatoms. The number of carbonyl (C=O) groups is 2. The molecule has 6 rings (SSSR count). The van der Waals surface area contributed by atoms with Gasteiger partial charge < -0.3 is 16.4 Å². The number of aromatic nitrogens is 4. The summed E-state index contributed by atoms with van der Waals surface area (Å²) in [6, 6.07) is 13.0. The zero-order chi connectivity index (χ0) is 28.9. The number of amides is 2. The van der Waals surface area contributed by atoms with E-state index in [1.54, 1.807) is 30.5 Å². The molecule has 3 aromatic heterocycles. The van der Waals surface area contributed by atoms with Crippen molar-refractivity contribution in [2.75, 3.05) is 11.1 Å². The van der Waals surface area contributed by atoms with Crippen LogP contribution in [0.1, 0.15) is 86.2 Å². The number of carbonyl (C=O) groups excluding carboxylic acids is 2. The van der Waals surface area contributed by atoms with Gasteiger partial charge in [0.2, 0.25) is 5.91 Å². The predicted octanol–water partition coefficient (Wildman–Crippen LogP) is 6.30. The zero-order valence-electron chi connectivity index (χ0n) is 23.8. The van der Waals surface area contributed by atoms with Crippen molar-refractivity contribution in [2.45, 2.75) is 76.3 Å². The molecule has 9 nitrogen and oxygen atoms in total. The molecular formula is C33H37N7O2. The Hall–Kier alpha value is -4.53. The maximum absolute atomic E-state index is 12.8. The highest BCUT2D eigenvalue weighted by atomic mass is 16.2. The van der Waals surface area contributed by atoms with Gasteiger partial charge in [-0.05, 0) is 69.2 Å². The van der Waals surface area contributed by atoms with Crippen molar-refractivity contribution < 1.29 is 9.59 Å². The summed E-state index contributed by atoms with van der Waals surface area (Å²) in [6.45, 7) is 0. The summed E-state index contributed by atoms with van der Waals surface area (Å²) in [5.74, 6) is 0.846. The highest BCUT2D eigenvalue weighted by Crippen LogP contribution is 2.39. The summed E-state index contributed by atoms with van der Waals surface area (Å²) < 4.78 is 2.12. The number of nitrogens with zero attached hydrogens (tertiary/aromatic N) is 4. The molecular weight excluding hydrogens is 526 g/mol. The van der Waals surface area contributed by atoms with Crippen LogP contribution in [-0.4, -0.2) is 37.6 Å². The van der Waals surface area contributed by atoms with Crippen molar-refractivity contribution in [2.24, 2.45) is 0 Å². The van der Waals surface area contributed by atoms with E-state index in [9.17, 15) is 9.59 Å². The molecule has 0 spiro atoms. The van der Waals surface area contributed by atoms with E-state index in [0.717, 1.165) is 85.5 Å². The Kier molecular flexibility index (Phi) is 8.26. The highest BCUT2D eigenvalue weighted by molar-refractivity contribution is 6.06. The van der Waals surface area contributed by atoms with Gasteiger partial charge in [-0.15, -0.1) is 0 Å². The van der Waals surface area contributed by atoms with Gasteiger partial charge in [0.15, 0.2) is 0 Å². The first-order valence-electron chi connectivity index (χ1n) is 15.0. The minimum Gasteiger partial charge on any atom is -0.383 e. The number of anilines is 2. The van der Waals surface area contributed by atoms with Crippen LogP contribution in [0.3, 0.4) is 0 Å². The number of rotatable bonds is 3. The number of fused-ring (bicyclic) bond motifs is 3. The number of pyridine rings is 2. The molecule has 2 aliphatic rings. The van der Waals surface area contributed by atoms with E-state index < -0.39 is 0 Å². The number of hydrogen-bond acceptors (Lipinski definition) is 6. The summed E-state index contributed by atoms with van der Waals surface area (Å²) >= 11 is 0. The summed E-state index contributed by atoms with van der Waals surface area (Å²) in [5, 5.41) is 12.1. The third-order valence-electron chi connectivity index (χ3n) is 8.29. The summed E-state index contributed by atoms with van der Waals surface area (Å²) in [6.07, 6.45) is 17.4. The van der Waals surface area contributed by atoms with Gasteiger partial charge >= 0.3 is 0 Å². The van der Waals surface area contributed by atoms with Crippen molar-refractivity contribution in [3.05, 3.63) is 72.1 Å². The summed E-state index contributed by atoms with van der Waals surface area (Å²) in [7, 11) is 0. The van der Waals surface area contributed by atoms with E-state index in [2.05, 4.69) is 37.4 Å². The molecule has 216 valence electrons. The fraction of sp³-hybridized carbons (Fsp3) is 0.364. The second-order valence-electron chi connectivity index (χ2n) is 11.3. The molecule has 2 atom stereocenters. The van der Waals surface area contributed by atoms with E-state index >= 15 is 0 Å². The molecule has 0 unspecified atom stereocenters. The van der Waals surface area contributed by atoms with Crippen LogP contribution in [0, 0.1) is 0 Å².